The summed E-state index contributed by atoms with van der Waals surface area (Å²) in [6, 6.07) is 0. The van der Waals surface area contributed by atoms with Gasteiger partial charge in [0.1, 0.15) is 5.60 Å². The van der Waals surface area contributed by atoms with Crippen LogP contribution in [0.15, 0.2) is 11.8 Å². The van der Waals surface area contributed by atoms with E-state index in [2.05, 4.69) is 6.92 Å². The zero-order valence-electron chi connectivity index (χ0n) is 8.00. The predicted octanol–water partition coefficient (Wildman–Crippen LogP) is 1.63. The number of hydrogen-bond donors (Lipinski definition) is 0. The highest BCUT2D eigenvalue weighted by atomic mass is 16.6. The standard InChI is InChI=1S/C10H14O3/c1-7-5-10(7,2)13-9(11)8-3-4-12-6-8/h6-7H,3-5H2,1-2H3. The Labute approximate surface area is 77.7 Å². The van der Waals surface area contributed by atoms with E-state index in [9.17, 15) is 4.79 Å². The van der Waals surface area contributed by atoms with Crippen LogP contribution in [0.2, 0.25) is 0 Å². The fraction of sp³-hybridized carbons (Fsp3) is 0.700. The molecule has 3 heteroatoms. The van der Waals surface area contributed by atoms with E-state index in [0.717, 1.165) is 6.42 Å². The van der Waals surface area contributed by atoms with Crippen LogP contribution < -0.4 is 0 Å². The maximum absolute atomic E-state index is 11.5. The summed E-state index contributed by atoms with van der Waals surface area (Å²) in [7, 11) is 0. The molecule has 2 rings (SSSR count). The van der Waals surface area contributed by atoms with Crippen LogP contribution >= 0.6 is 0 Å². The molecule has 1 fully saturated rings. The van der Waals surface area contributed by atoms with Crippen molar-refractivity contribution in [3.05, 3.63) is 11.8 Å². The molecule has 1 aliphatic heterocycles. The van der Waals surface area contributed by atoms with Crippen molar-refractivity contribution in [3.8, 4) is 0 Å². The molecule has 0 aromatic carbocycles. The van der Waals surface area contributed by atoms with Gasteiger partial charge in [0.15, 0.2) is 0 Å². The van der Waals surface area contributed by atoms with Gasteiger partial charge in [-0.15, -0.1) is 0 Å². The van der Waals surface area contributed by atoms with Crippen LogP contribution in [0.5, 0.6) is 0 Å². The second kappa shape index (κ2) is 2.76. The van der Waals surface area contributed by atoms with Crippen LogP contribution in [-0.2, 0) is 14.3 Å². The van der Waals surface area contributed by atoms with Crippen LogP contribution in [-0.4, -0.2) is 18.2 Å². The average Bonchev–Trinajstić information content (AvgIpc) is 2.58. The number of esters is 1. The van der Waals surface area contributed by atoms with Gasteiger partial charge in [0.05, 0.1) is 18.4 Å². The van der Waals surface area contributed by atoms with E-state index in [4.69, 9.17) is 9.47 Å². The first-order valence-corrected chi connectivity index (χ1v) is 4.66. The fourth-order valence-electron chi connectivity index (χ4n) is 1.51. The first kappa shape index (κ1) is 8.60. The monoisotopic (exact) mass is 182 g/mol. The number of carbonyl (C=O) groups excluding carboxylic acids is 1. The van der Waals surface area contributed by atoms with Gasteiger partial charge in [-0.05, 0) is 19.3 Å². The summed E-state index contributed by atoms with van der Waals surface area (Å²) < 4.78 is 10.3. The molecular formula is C10H14O3. The van der Waals surface area contributed by atoms with Gasteiger partial charge in [0, 0.05) is 6.42 Å². The molecular weight excluding hydrogens is 168 g/mol. The van der Waals surface area contributed by atoms with Crippen LogP contribution in [0, 0.1) is 5.92 Å². The van der Waals surface area contributed by atoms with E-state index >= 15 is 0 Å². The molecule has 0 bridgehead atoms. The predicted molar refractivity (Wildman–Crippen MR) is 46.9 cm³/mol. The van der Waals surface area contributed by atoms with Crippen LogP contribution in [0.4, 0.5) is 0 Å². The zero-order chi connectivity index (χ0) is 9.47. The maximum atomic E-state index is 11.5. The molecule has 72 valence electrons. The molecule has 0 saturated heterocycles. The second-order valence-electron chi connectivity index (χ2n) is 4.07. The van der Waals surface area contributed by atoms with Crippen LogP contribution in [0.25, 0.3) is 0 Å². The summed E-state index contributed by atoms with van der Waals surface area (Å²) in [5.41, 5.74) is 0.459. The summed E-state index contributed by atoms with van der Waals surface area (Å²) in [5.74, 6) is 0.295. The van der Waals surface area contributed by atoms with E-state index in [1.54, 1.807) is 0 Å². The highest BCUT2D eigenvalue weighted by molar-refractivity contribution is 5.89. The van der Waals surface area contributed by atoms with Crippen molar-refractivity contribution in [1.82, 2.24) is 0 Å². The van der Waals surface area contributed by atoms with Crippen molar-refractivity contribution >= 4 is 5.97 Å². The van der Waals surface area contributed by atoms with Crippen molar-refractivity contribution in [3.63, 3.8) is 0 Å². The summed E-state index contributed by atoms with van der Waals surface area (Å²) in [6.45, 7) is 4.68. The Hall–Kier alpha value is -0.990. The fourth-order valence-corrected chi connectivity index (χ4v) is 1.51. The lowest BCUT2D eigenvalue weighted by Gasteiger charge is -2.11. The molecule has 0 aromatic rings. The van der Waals surface area contributed by atoms with Gasteiger partial charge in [-0.3, -0.25) is 0 Å². The largest absolute Gasteiger partial charge is 0.500 e. The second-order valence-corrected chi connectivity index (χ2v) is 4.07. The maximum Gasteiger partial charge on any atom is 0.337 e. The molecule has 1 saturated carbocycles. The smallest absolute Gasteiger partial charge is 0.337 e. The highest BCUT2D eigenvalue weighted by Crippen LogP contribution is 2.46. The minimum Gasteiger partial charge on any atom is -0.500 e. The van der Waals surface area contributed by atoms with Crippen molar-refractivity contribution in [2.75, 3.05) is 6.61 Å². The SMILES string of the molecule is CC1CC1(C)OC(=O)C1=COCC1. The first-order chi connectivity index (χ1) is 6.12. The molecule has 0 N–H and O–H groups in total. The van der Waals surface area contributed by atoms with Crippen LogP contribution in [0.3, 0.4) is 0 Å². The summed E-state index contributed by atoms with van der Waals surface area (Å²) in [5, 5.41) is 0. The number of ether oxygens (including phenoxy) is 2. The third kappa shape index (κ3) is 1.55. The number of rotatable bonds is 2. The Bertz CT molecular complexity index is 269. The van der Waals surface area contributed by atoms with E-state index in [-0.39, 0.29) is 11.6 Å². The first-order valence-electron chi connectivity index (χ1n) is 4.66. The molecule has 2 atom stereocenters. The van der Waals surface area contributed by atoms with E-state index in [1.165, 1.54) is 6.26 Å². The van der Waals surface area contributed by atoms with Crippen molar-refractivity contribution in [1.29, 1.82) is 0 Å². The Balaban J connectivity index is 1.92. The van der Waals surface area contributed by atoms with Crippen LogP contribution in [0.1, 0.15) is 26.7 Å². The van der Waals surface area contributed by atoms with Gasteiger partial charge in [-0.1, -0.05) is 6.92 Å². The molecule has 1 aliphatic carbocycles. The molecule has 2 unspecified atom stereocenters. The van der Waals surface area contributed by atoms with E-state index < -0.39 is 0 Å². The molecule has 0 aromatic heterocycles. The quantitative estimate of drug-likeness (QED) is 0.609. The van der Waals surface area contributed by atoms with Gasteiger partial charge in [0.25, 0.3) is 0 Å². The molecule has 2 aliphatic rings. The average molecular weight is 182 g/mol. The minimum atomic E-state index is -0.208. The molecule has 0 radical (unpaired) electrons. The highest BCUT2D eigenvalue weighted by Gasteiger charge is 2.50. The molecule has 0 amide bonds. The Morgan fingerprint density at radius 2 is 2.46 bits per heavy atom. The van der Waals surface area contributed by atoms with Gasteiger partial charge in [0.2, 0.25) is 0 Å². The number of carbonyl (C=O) groups is 1. The molecule has 13 heavy (non-hydrogen) atoms. The van der Waals surface area contributed by atoms with Gasteiger partial charge >= 0.3 is 5.97 Å². The minimum absolute atomic E-state index is 0.204. The number of hydrogen-bond acceptors (Lipinski definition) is 3. The Morgan fingerprint density at radius 3 is 2.92 bits per heavy atom. The topological polar surface area (TPSA) is 35.5 Å². The van der Waals surface area contributed by atoms with Gasteiger partial charge < -0.3 is 9.47 Å². The van der Waals surface area contributed by atoms with E-state index in [1.807, 2.05) is 6.92 Å². The molecule has 1 heterocycles. The van der Waals surface area contributed by atoms with Crippen molar-refractivity contribution in [2.24, 2.45) is 5.92 Å². The van der Waals surface area contributed by atoms with Crippen molar-refractivity contribution < 1.29 is 14.3 Å². The Kier molecular flexibility index (Phi) is 1.82. The lowest BCUT2D eigenvalue weighted by molar-refractivity contribution is -0.146. The van der Waals surface area contributed by atoms with Gasteiger partial charge in [-0.2, -0.15) is 0 Å². The third-order valence-electron chi connectivity index (χ3n) is 2.90. The summed E-state index contributed by atoms with van der Waals surface area (Å²) in [6.07, 6.45) is 3.18. The van der Waals surface area contributed by atoms with Gasteiger partial charge in [-0.25, -0.2) is 4.79 Å². The van der Waals surface area contributed by atoms with Crippen molar-refractivity contribution in [2.45, 2.75) is 32.3 Å². The third-order valence-corrected chi connectivity index (χ3v) is 2.90. The summed E-state index contributed by atoms with van der Waals surface area (Å²) >= 11 is 0. The summed E-state index contributed by atoms with van der Waals surface area (Å²) in [4.78, 5) is 11.5. The normalized spacial score (nSPS) is 36.5. The van der Waals surface area contributed by atoms with E-state index in [0.29, 0.717) is 24.5 Å². The lowest BCUT2D eigenvalue weighted by Crippen LogP contribution is -2.18. The Morgan fingerprint density at radius 1 is 1.77 bits per heavy atom. The molecule has 3 nitrogen and oxygen atoms in total. The molecule has 0 spiro atoms. The zero-order valence-corrected chi connectivity index (χ0v) is 8.00. The lowest BCUT2D eigenvalue weighted by atomic mass is 10.2.